The fourth-order valence-corrected chi connectivity index (χ4v) is 2.69. The normalized spacial score (nSPS) is 16.0. The van der Waals surface area contributed by atoms with Crippen LogP contribution in [0.4, 0.5) is 15.8 Å². The van der Waals surface area contributed by atoms with Crippen molar-refractivity contribution in [1.82, 2.24) is 0 Å². The molecule has 2 rings (SSSR count). The number of hydrogen-bond donors (Lipinski definition) is 1. The molecule has 0 saturated carbocycles. The second kappa shape index (κ2) is 6.51. The fraction of sp³-hybridized carbons (Fsp3) is 0.500. The molecule has 0 aromatic heterocycles. The van der Waals surface area contributed by atoms with Gasteiger partial charge in [0.2, 0.25) is 0 Å². The summed E-state index contributed by atoms with van der Waals surface area (Å²) < 4.78 is 13.3. The highest BCUT2D eigenvalue weighted by Gasteiger charge is 2.25. The molecule has 0 spiro atoms. The minimum atomic E-state index is -0.807. The first-order chi connectivity index (χ1) is 9.97. The van der Waals surface area contributed by atoms with Crippen molar-refractivity contribution < 1.29 is 19.2 Å². The van der Waals surface area contributed by atoms with Crippen LogP contribution in [-0.2, 0) is 4.79 Å². The van der Waals surface area contributed by atoms with E-state index in [4.69, 9.17) is 5.11 Å². The van der Waals surface area contributed by atoms with E-state index in [2.05, 4.69) is 0 Å². The van der Waals surface area contributed by atoms with Gasteiger partial charge in [-0.25, -0.2) is 4.39 Å². The predicted octanol–water partition coefficient (Wildman–Crippen LogP) is 2.82. The van der Waals surface area contributed by atoms with Crippen LogP contribution in [0.2, 0.25) is 0 Å². The van der Waals surface area contributed by atoms with Gasteiger partial charge in [0.1, 0.15) is 11.5 Å². The number of carboxylic acids is 1. The number of rotatable bonds is 5. The van der Waals surface area contributed by atoms with E-state index in [0.29, 0.717) is 31.1 Å². The third kappa shape index (κ3) is 3.90. The van der Waals surface area contributed by atoms with Crippen molar-refractivity contribution in [2.45, 2.75) is 25.7 Å². The molecule has 1 heterocycles. The Balaban J connectivity index is 2.03. The number of nitro groups is 1. The third-order valence-electron chi connectivity index (χ3n) is 3.86. The van der Waals surface area contributed by atoms with Gasteiger partial charge in [0.25, 0.3) is 5.69 Å². The van der Waals surface area contributed by atoms with E-state index in [1.54, 1.807) is 4.90 Å². The lowest BCUT2D eigenvalue weighted by Crippen LogP contribution is -2.34. The largest absolute Gasteiger partial charge is 0.481 e. The van der Waals surface area contributed by atoms with Crippen LogP contribution in [0.5, 0.6) is 0 Å². The van der Waals surface area contributed by atoms with Crippen LogP contribution in [-0.4, -0.2) is 29.1 Å². The van der Waals surface area contributed by atoms with Crippen molar-refractivity contribution in [3.8, 4) is 0 Å². The van der Waals surface area contributed by atoms with Crippen molar-refractivity contribution in [3.05, 3.63) is 34.1 Å². The summed E-state index contributed by atoms with van der Waals surface area (Å²) in [4.78, 5) is 22.9. The van der Waals surface area contributed by atoms with Crippen molar-refractivity contribution in [1.29, 1.82) is 0 Å². The second-order valence-corrected chi connectivity index (χ2v) is 5.25. The van der Waals surface area contributed by atoms with Crippen LogP contribution in [0.1, 0.15) is 25.7 Å². The monoisotopic (exact) mass is 296 g/mol. The van der Waals surface area contributed by atoms with Crippen LogP contribution in [0.25, 0.3) is 0 Å². The van der Waals surface area contributed by atoms with Gasteiger partial charge >= 0.3 is 5.97 Å². The summed E-state index contributed by atoms with van der Waals surface area (Å²) in [5.74, 6) is -0.994. The second-order valence-electron chi connectivity index (χ2n) is 5.25. The average molecular weight is 296 g/mol. The molecule has 114 valence electrons. The third-order valence-corrected chi connectivity index (χ3v) is 3.86. The highest BCUT2D eigenvalue weighted by molar-refractivity contribution is 5.66. The standard InChI is InChI=1S/C14H17FN2O4/c15-11-2-3-12(17(20)21)13(9-11)16-7-5-10(6-8-16)1-4-14(18)19/h2-3,9-10H,1,4-8H2,(H,18,19). The number of halogens is 1. The van der Waals surface area contributed by atoms with Crippen LogP contribution in [0.15, 0.2) is 18.2 Å². The number of anilines is 1. The predicted molar refractivity (Wildman–Crippen MR) is 74.9 cm³/mol. The van der Waals surface area contributed by atoms with E-state index in [-0.39, 0.29) is 12.1 Å². The summed E-state index contributed by atoms with van der Waals surface area (Å²) in [5.41, 5.74) is 0.206. The first kappa shape index (κ1) is 15.2. The summed E-state index contributed by atoms with van der Waals surface area (Å²) in [5, 5.41) is 19.7. The lowest BCUT2D eigenvalue weighted by molar-refractivity contribution is -0.384. The Labute approximate surface area is 121 Å². The number of aliphatic carboxylic acids is 1. The zero-order valence-electron chi connectivity index (χ0n) is 11.5. The van der Waals surface area contributed by atoms with Gasteiger partial charge in [-0.2, -0.15) is 0 Å². The molecule has 1 aliphatic rings. The number of benzene rings is 1. The summed E-state index contributed by atoms with van der Waals surface area (Å²) in [7, 11) is 0. The maximum atomic E-state index is 13.3. The Bertz CT molecular complexity index is 542. The number of carbonyl (C=O) groups is 1. The van der Waals surface area contributed by atoms with E-state index < -0.39 is 16.7 Å². The summed E-state index contributed by atoms with van der Waals surface area (Å²) >= 11 is 0. The number of piperidine rings is 1. The Kier molecular flexibility index (Phi) is 4.72. The maximum absolute atomic E-state index is 13.3. The molecule has 0 aliphatic carbocycles. The Morgan fingerprint density at radius 2 is 2.10 bits per heavy atom. The van der Waals surface area contributed by atoms with Gasteiger partial charge in [-0.1, -0.05) is 0 Å². The van der Waals surface area contributed by atoms with E-state index in [0.717, 1.165) is 18.9 Å². The fourth-order valence-electron chi connectivity index (χ4n) is 2.69. The van der Waals surface area contributed by atoms with E-state index in [1.807, 2.05) is 0 Å². The molecule has 1 aliphatic heterocycles. The topological polar surface area (TPSA) is 83.7 Å². The molecule has 7 heteroatoms. The number of carboxylic acid groups (broad SMARTS) is 1. The molecule has 0 unspecified atom stereocenters. The van der Waals surface area contributed by atoms with Gasteiger partial charge in [0.05, 0.1) is 4.92 Å². The molecule has 1 aromatic carbocycles. The molecule has 1 aromatic rings. The van der Waals surface area contributed by atoms with E-state index >= 15 is 0 Å². The molecule has 0 radical (unpaired) electrons. The van der Waals surface area contributed by atoms with Gasteiger partial charge in [-0.3, -0.25) is 14.9 Å². The summed E-state index contributed by atoms with van der Waals surface area (Å²) in [6.45, 7) is 1.16. The van der Waals surface area contributed by atoms with Gasteiger partial charge in [-0.15, -0.1) is 0 Å². The highest BCUT2D eigenvalue weighted by atomic mass is 19.1. The zero-order chi connectivity index (χ0) is 15.4. The SMILES string of the molecule is O=C(O)CCC1CCN(c2cc(F)ccc2[N+](=O)[O-])CC1. The Hall–Kier alpha value is -2.18. The van der Waals surface area contributed by atoms with Crippen LogP contribution >= 0.6 is 0 Å². The molecule has 0 atom stereocenters. The van der Waals surface area contributed by atoms with Crippen molar-refractivity contribution in [2.75, 3.05) is 18.0 Å². The lowest BCUT2D eigenvalue weighted by Gasteiger charge is -2.33. The molecule has 0 bridgehead atoms. The van der Waals surface area contributed by atoms with Gasteiger partial charge in [0.15, 0.2) is 0 Å². The minimum absolute atomic E-state index is 0.0969. The molecule has 6 nitrogen and oxygen atoms in total. The summed E-state index contributed by atoms with van der Waals surface area (Å²) in [6.07, 6.45) is 2.29. The number of nitro benzene ring substituents is 1. The zero-order valence-corrected chi connectivity index (χ0v) is 11.5. The molecular formula is C14H17FN2O4. The van der Waals surface area contributed by atoms with E-state index in [1.165, 1.54) is 12.1 Å². The van der Waals surface area contributed by atoms with Gasteiger partial charge in [0, 0.05) is 31.6 Å². The molecular weight excluding hydrogens is 279 g/mol. The molecule has 1 saturated heterocycles. The molecule has 1 fully saturated rings. The van der Waals surface area contributed by atoms with E-state index in [9.17, 15) is 19.3 Å². The number of hydrogen-bond acceptors (Lipinski definition) is 4. The van der Waals surface area contributed by atoms with Crippen molar-refractivity contribution >= 4 is 17.3 Å². The highest BCUT2D eigenvalue weighted by Crippen LogP contribution is 2.33. The van der Waals surface area contributed by atoms with Crippen molar-refractivity contribution in [3.63, 3.8) is 0 Å². The quantitative estimate of drug-likeness (QED) is 0.667. The van der Waals surface area contributed by atoms with Crippen LogP contribution in [0, 0.1) is 21.8 Å². The average Bonchev–Trinajstić information content (AvgIpc) is 2.45. The summed E-state index contributed by atoms with van der Waals surface area (Å²) in [6, 6.07) is 3.46. The first-order valence-electron chi connectivity index (χ1n) is 6.88. The van der Waals surface area contributed by atoms with Crippen molar-refractivity contribution in [2.24, 2.45) is 5.92 Å². The van der Waals surface area contributed by atoms with Crippen LogP contribution in [0.3, 0.4) is 0 Å². The first-order valence-corrected chi connectivity index (χ1v) is 6.88. The van der Waals surface area contributed by atoms with Crippen LogP contribution < -0.4 is 4.90 Å². The van der Waals surface area contributed by atoms with Gasteiger partial charge < -0.3 is 10.0 Å². The smallest absolute Gasteiger partial charge is 0.303 e. The Morgan fingerprint density at radius 1 is 1.43 bits per heavy atom. The van der Waals surface area contributed by atoms with Gasteiger partial charge in [-0.05, 0) is 31.2 Å². The maximum Gasteiger partial charge on any atom is 0.303 e. The molecule has 21 heavy (non-hydrogen) atoms. The lowest BCUT2D eigenvalue weighted by atomic mass is 9.92. The molecule has 0 amide bonds. The molecule has 1 N–H and O–H groups in total. The number of nitrogens with zero attached hydrogens (tertiary/aromatic N) is 2. The minimum Gasteiger partial charge on any atom is -0.481 e. The Morgan fingerprint density at radius 3 is 2.67 bits per heavy atom.